The van der Waals surface area contributed by atoms with Crippen LogP contribution in [0.25, 0.3) is 56.0 Å². The average Bonchev–Trinajstić information content (AvgIpc) is 3.59. The van der Waals surface area contributed by atoms with Crippen LogP contribution in [-0.4, -0.2) is 66.8 Å². The molecule has 0 atom stereocenters. The van der Waals surface area contributed by atoms with Crippen molar-refractivity contribution in [1.82, 2.24) is 39.6 Å². The Morgan fingerprint density at radius 2 is 1.87 bits per heavy atom. The van der Waals surface area contributed by atoms with E-state index in [1.165, 1.54) is 12.1 Å². The van der Waals surface area contributed by atoms with Gasteiger partial charge in [0.25, 0.3) is 0 Å². The van der Waals surface area contributed by atoms with Crippen molar-refractivity contribution in [3.05, 3.63) is 66.5 Å². The van der Waals surface area contributed by atoms with Crippen LogP contribution in [0.3, 0.4) is 0 Å². The summed E-state index contributed by atoms with van der Waals surface area (Å²) in [6.07, 6.45) is 3.55. The van der Waals surface area contributed by atoms with Crippen molar-refractivity contribution in [2.24, 2.45) is 7.05 Å². The average molecular weight is 511 g/mol. The normalized spacial score (nSPS) is 11.7. The number of hydrogen-bond donors (Lipinski definition) is 2. The van der Waals surface area contributed by atoms with E-state index < -0.39 is 5.82 Å². The van der Waals surface area contributed by atoms with E-state index >= 15 is 0 Å². The molecule has 0 saturated carbocycles. The predicted molar refractivity (Wildman–Crippen MR) is 145 cm³/mol. The molecule has 192 valence electrons. The minimum absolute atomic E-state index is 0.395. The van der Waals surface area contributed by atoms with E-state index in [-0.39, 0.29) is 0 Å². The van der Waals surface area contributed by atoms with Crippen molar-refractivity contribution in [3.8, 4) is 39.8 Å². The van der Waals surface area contributed by atoms with Gasteiger partial charge in [-0.15, -0.1) is 0 Å². The Balaban J connectivity index is 1.41. The number of likely N-dealkylation sites (N-methyl/N-ethyl adjacent to an activating group) is 1. The molecule has 4 heterocycles. The first-order chi connectivity index (χ1) is 18.4. The van der Waals surface area contributed by atoms with Crippen molar-refractivity contribution >= 4 is 21.9 Å². The van der Waals surface area contributed by atoms with Crippen molar-refractivity contribution in [2.75, 3.05) is 27.2 Å². The molecule has 0 unspecified atom stereocenters. The summed E-state index contributed by atoms with van der Waals surface area (Å²) >= 11 is 0. The van der Waals surface area contributed by atoms with E-state index in [0.29, 0.717) is 40.6 Å². The van der Waals surface area contributed by atoms with Gasteiger partial charge in [-0.05, 0) is 51.4 Å². The highest BCUT2D eigenvalue weighted by molar-refractivity contribution is 5.97. The monoisotopic (exact) mass is 510 g/mol. The summed E-state index contributed by atoms with van der Waals surface area (Å²) in [6, 6.07) is 12.6. The molecule has 6 rings (SSSR count). The fraction of sp³-hybridized carbons (Fsp3) is 0.214. The van der Waals surface area contributed by atoms with Gasteiger partial charge in [0, 0.05) is 42.4 Å². The number of nitrogens with one attached hydrogen (secondary N) is 2. The van der Waals surface area contributed by atoms with E-state index in [0.717, 1.165) is 40.0 Å². The second-order valence-corrected chi connectivity index (χ2v) is 9.55. The summed E-state index contributed by atoms with van der Waals surface area (Å²) < 4.78 is 22.4. The Morgan fingerprint density at radius 1 is 1.00 bits per heavy atom. The maximum absolute atomic E-state index is 14.5. The van der Waals surface area contributed by atoms with Crippen LogP contribution < -0.4 is 4.74 Å². The molecule has 4 aromatic heterocycles. The molecule has 2 aromatic carbocycles. The number of nitrogens with zero attached hydrogens (tertiary/aromatic N) is 6. The molecule has 0 aliphatic heterocycles. The highest BCUT2D eigenvalue weighted by atomic mass is 19.1. The van der Waals surface area contributed by atoms with Gasteiger partial charge in [-0.2, -0.15) is 5.10 Å². The van der Waals surface area contributed by atoms with Gasteiger partial charge >= 0.3 is 0 Å². The second-order valence-electron chi connectivity index (χ2n) is 9.55. The predicted octanol–water partition coefficient (Wildman–Crippen LogP) is 4.96. The molecule has 0 aliphatic carbocycles. The number of benzene rings is 2. The maximum atomic E-state index is 14.5. The molecule has 0 fully saturated rings. The van der Waals surface area contributed by atoms with Crippen LogP contribution in [0.1, 0.15) is 5.82 Å². The molecule has 0 amide bonds. The van der Waals surface area contributed by atoms with E-state index in [4.69, 9.17) is 9.72 Å². The smallest absolute Gasteiger partial charge is 0.159 e. The molecule has 0 spiro atoms. The third kappa shape index (κ3) is 4.28. The number of aromatic amines is 2. The maximum Gasteiger partial charge on any atom is 0.159 e. The molecule has 0 saturated heterocycles. The first kappa shape index (κ1) is 23.8. The number of rotatable bonds is 7. The summed E-state index contributed by atoms with van der Waals surface area (Å²) in [5.74, 6) is 1.59. The van der Waals surface area contributed by atoms with Gasteiger partial charge in [0.05, 0.1) is 28.6 Å². The highest BCUT2D eigenvalue weighted by Crippen LogP contribution is 2.33. The Hall–Kier alpha value is -4.57. The summed E-state index contributed by atoms with van der Waals surface area (Å²) in [6.45, 7) is 3.15. The van der Waals surface area contributed by atoms with Crippen molar-refractivity contribution in [2.45, 2.75) is 6.92 Å². The minimum Gasteiger partial charge on any atom is -0.492 e. The lowest BCUT2D eigenvalue weighted by molar-refractivity contribution is 0.260. The fourth-order valence-electron chi connectivity index (χ4n) is 4.51. The van der Waals surface area contributed by atoms with E-state index in [9.17, 15) is 4.39 Å². The van der Waals surface area contributed by atoms with Crippen molar-refractivity contribution < 1.29 is 9.13 Å². The summed E-state index contributed by atoms with van der Waals surface area (Å²) in [5, 5.41) is 8.58. The summed E-state index contributed by atoms with van der Waals surface area (Å²) in [5.41, 5.74) is 6.19. The Labute approximate surface area is 218 Å². The first-order valence-corrected chi connectivity index (χ1v) is 12.3. The van der Waals surface area contributed by atoms with Crippen LogP contribution in [0.15, 0.2) is 54.9 Å². The third-order valence-electron chi connectivity index (χ3n) is 6.66. The van der Waals surface area contributed by atoms with Crippen LogP contribution in [0.2, 0.25) is 0 Å². The number of pyridine rings is 1. The number of aromatic nitrogens is 7. The number of ether oxygens (including phenoxy) is 1. The second kappa shape index (κ2) is 9.38. The Morgan fingerprint density at radius 3 is 2.66 bits per heavy atom. The zero-order valence-electron chi connectivity index (χ0n) is 21.6. The third-order valence-corrected chi connectivity index (χ3v) is 6.66. The molecular weight excluding hydrogens is 483 g/mol. The SMILES string of the molecule is Cc1ncc(-c2ccc3[nH]nc(-c4nc5c(-c6cc(F)cc(OCCN(C)C)c6)nccc5[nH]4)c3c2)n1C. The van der Waals surface area contributed by atoms with E-state index in [1.54, 1.807) is 12.3 Å². The zero-order chi connectivity index (χ0) is 26.4. The minimum atomic E-state index is -0.395. The van der Waals surface area contributed by atoms with Crippen LogP contribution >= 0.6 is 0 Å². The largest absolute Gasteiger partial charge is 0.492 e. The number of hydrogen-bond acceptors (Lipinski definition) is 6. The molecule has 9 nitrogen and oxygen atoms in total. The van der Waals surface area contributed by atoms with E-state index in [2.05, 4.69) is 35.8 Å². The van der Waals surface area contributed by atoms with Crippen LogP contribution in [0, 0.1) is 12.7 Å². The number of halogens is 1. The lowest BCUT2D eigenvalue weighted by atomic mass is 10.1. The van der Waals surface area contributed by atoms with Crippen molar-refractivity contribution in [1.29, 1.82) is 0 Å². The highest BCUT2D eigenvalue weighted by Gasteiger charge is 2.18. The zero-order valence-corrected chi connectivity index (χ0v) is 21.6. The lowest BCUT2D eigenvalue weighted by Gasteiger charge is -2.12. The van der Waals surface area contributed by atoms with Gasteiger partial charge in [0.1, 0.15) is 35.2 Å². The first-order valence-electron chi connectivity index (χ1n) is 12.3. The number of H-pyrrole nitrogens is 2. The molecule has 6 aromatic rings. The number of aryl methyl sites for hydroxylation is 1. The molecule has 10 heteroatoms. The molecule has 2 N–H and O–H groups in total. The quantitative estimate of drug-likeness (QED) is 0.315. The van der Waals surface area contributed by atoms with E-state index in [1.807, 2.05) is 57.4 Å². The lowest BCUT2D eigenvalue weighted by Crippen LogP contribution is -2.19. The number of fused-ring (bicyclic) bond motifs is 2. The fourth-order valence-corrected chi connectivity index (χ4v) is 4.51. The van der Waals surface area contributed by atoms with Gasteiger partial charge in [0.2, 0.25) is 0 Å². The van der Waals surface area contributed by atoms with Gasteiger partial charge in [-0.1, -0.05) is 6.07 Å². The Bertz CT molecular complexity index is 1780. The van der Waals surface area contributed by atoms with Crippen LogP contribution in [0.5, 0.6) is 5.75 Å². The van der Waals surface area contributed by atoms with Crippen LogP contribution in [0.4, 0.5) is 4.39 Å². The van der Waals surface area contributed by atoms with Gasteiger partial charge in [-0.3, -0.25) is 10.1 Å². The molecule has 0 radical (unpaired) electrons. The molecule has 0 aliphatic rings. The van der Waals surface area contributed by atoms with Crippen molar-refractivity contribution in [3.63, 3.8) is 0 Å². The Kier molecular flexibility index (Phi) is 5.88. The number of imidazole rings is 2. The van der Waals surface area contributed by atoms with Gasteiger partial charge < -0.3 is 19.2 Å². The molecular formula is C28H27FN8O. The molecule has 0 bridgehead atoms. The van der Waals surface area contributed by atoms with Gasteiger partial charge in [-0.25, -0.2) is 14.4 Å². The summed E-state index contributed by atoms with van der Waals surface area (Å²) in [4.78, 5) is 19.2. The topological polar surface area (TPSA) is 101 Å². The standard InChI is InChI=1S/C28H27FN8O/c1-16-31-15-24(37(16)4)17-5-6-22-21(13-17)26(35-34-22)28-32-23-7-8-30-25(27(23)33-28)18-11-19(29)14-20(12-18)38-10-9-36(2)3/h5-8,11-15H,9-10H2,1-4H3,(H,32,33)(H,34,35). The summed E-state index contributed by atoms with van der Waals surface area (Å²) in [7, 11) is 5.92. The molecule has 38 heavy (non-hydrogen) atoms. The van der Waals surface area contributed by atoms with Gasteiger partial charge in [0.15, 0.2) is 5.82 Å². The van der Waals surface area contributed by atoms with Crippen LogP contribution in [-0.2, 0) is 7.05 Å².